The largest absolute Gasteiger partial charge is 0.466 e. The molecule has 18 heavy (non-hydrogen) atoms. The van der Waals surface area contributed by atoms with Crippen molar-refractivity contribution in [2.45, 2.75) is 39.0 Å². The topological polar surface area (TPSA) is 26.3 Å². The molecule has 0 atom stereocenters. The highest BCUT2D eigenvalue weighted by atomic mass is 79.9. The van der Waals surface area contributed by atoms with E-state index in [0.29, 0.717) is 6.61 Å². The van der Waals surface area contributed by atoms with E-state index in [2.05, 4.69) is 28.1 Å². The van der Waals surface area contributed by atoms with Crippen LogP contribution >= 0.6 is 15.9 Å². The molecule has 3 heteroatoms. The minimum absolute atomic E-state index is 0.00887. The SMILES string of the molecule is CCOC(=O)C1(Cc2ccc(Br)cc2)CCCC1. The van der Waals surface area contributed by atoms with E-state index < -0.39 is 0 Å². The van der Waals surface area contributed by atoms with Gasteiger partial charge in [0.15, 0.2) is 0 Å². The van der Waals surface area contributed by atoms with Crippen LogP contribution in [0.1, 0.15) is 38.2 Å². The number of rotatable bonds is 4. The average molecular weight is 311 g/mol. The molecule has 2 nitrogen and oxygen atoms in total. The van der Waals surface area contributed by atoms with Gasteiger partial charge in [-0.2, -0.15) is 0 Å². The Hall–Kier alpha value is -0.830. The van der Waals surface area contributed by atoms with E-state index in [9.17, 15) is 4.79 Å². The van der Waals surface area contributed by atoms with Gasteiger partial charge < -0.3 is 4.74 Å². The lowest BCUT2D eigenvalue weighted by Gasteiger charge is -2.26. The molecule has 0 saturated heterocycles. The molecule has 1 fully saturated rings. The third-order valence-electron chi connectivity index (χ3n) is 3.72. The summed E-state index contributed by atoms with van der Waals surface area (Å²) < 4.78 is 6.35. The van der Waals surface area contributed by atoms with Crippen LogP contribution < -0.4 is 0 Å². The third-order valence-corrected chi connectivity index (χ3v) is 4.25. The first kappa shape index (κ1) is 13.6. The quantitative estimate of drug-likeness (QED) is 0.782. The average Bonchev–Trinajstić information content (AvgIpc) is 2.82. The van der Waals surface area contributed by atoms with Gasteiger partial charge in [0.1, 0.15) is 0 Å². The van der Waals surface area contributed by atoms with Crippen molar-refractivity contribution in [3.63, 3.8) is 0 Å². The molecule has 0 unspecified atom stereocenters. The summed E-state index contributed by atoms with van der Waals surface area (Å²) in [5, 5.41) is 0. The fourth-order valence-corrected chi connectivity index (χ4v) is 3.05. The fraction of sp³-hybridized carbons (Fsp3) is 0.533. The van der Waals surface area contributed by atoms with Gasteiger partial charge in [-0.25, -0.2) is 0 Å². The van der Waals surface area contributed by atoms with Crippen LogP contribution in [0, 0.1) is 5.41 Å². The van der Waals surface area contributed by atoms with E-state index in [4.69, 9.17) is 4.74 Å². The predicted octanol–water partition coefficient (Wildman–Crippen LogP) is 4.12. The molecule has 0 N–H and O–H groups in total. The summed E-state index contributed by atoms with van der Waals surface area (Å²) in [7, 11) is 0. The Kier molecular flexibility index (Phi) is 4.44. The zero-order valence-electron chi connectivity index (χ0n) is 10.7. The van der Waals surface area contributed by atoms with E-state index in [1.54, 1.807) is 0 Å². The maximum Gasteiger partial charge on any atom is 0.312 e. The van der Waals surface area contributed by atoms with Gasteiger partial charge in [-0.1, -0.05) is 40.9 Å². The van der Waals surface area contributed by atoms with Gasteiger partial charge in [-0.15, -0.1) is 0 Å². The number of esters is 1. The molecule has 0 aromatic heterocycles. The van der Waals surface area contributed by atoms with E-state index in [1.165, 1.54) is 5.56 Å². The Morgan fingerprint density at radius 3 is 2.44 bits per heavy atom. The van der Waals surface area contributed by atoms with Crippen molar-refractivity contribution in [3.8, 4) is 0 Å². The van der Waals surface area contributed by atoms with Gasteiger partial charge in [-0.3, -0.25) is 4.79 Å². The van der Waals surface area contributed by atoms with E-state index >= 15 is 0 Å². The number of ether oxygens (including phenoxy) is 1. The highest BCUT2D eigenvalue weighted by molar-refractivity contribution is 9.10. The summed E-state index contributed by atoms with van der Waals surface area (Å²) in [4.78, 5) is 12.2. The molecule has 1 aliphatic carbocycles. The normalized spacial score (nSPS) is 17.7. The Balaban J connectivity index is 2.15. The summed E-state index contributed by atoms with van der Waals surface area (Å²) >= 11 is 3.43. The Bertz CT molecular complexity index is 405. The van der Waals surface area contributed by atoms with Crippen molar-refractivity contribution in [2.24, 2.45) is 5.41 Å². The van der Waals surface area contributed by atoms with Crippen molar-refractivity contribution in [1.82, 2.24) is 0 Å². The number of hydrogen-bond donors (Lipinski definition) is 0. The molecule has 1 aromatic rings. The van der Waals surface area contributed by atoms with Gasteiger partial charge in [0.2, 0.25) is 0 Å². The lowest BCUT2D eigenvalue weighted by molar-refractivity contribution is -0.155. The van der Waals surface area contributed by atoms with Gasteiger partial charge >= 0.3 is 5.97 Å². The van der Waals surface area contributed by atoms with Gasteiger partial charge in [-0.05, 0) is 43.9 Å². The van der Waals surface area contributed by atoms with Crippen LogP contribution in [0.5, 0.6) is 0 Å². The van der Waals surface area contributed by atoms with Crippen molar-refractivity contribution in [3.05, 3.63) is 34.3 Å². The first-order valence-electron chi connectivity index (χ1n) is 6.58. The van der Waals surface area contributed by atoms with Gasteiger partial charge in [0, 0.05) is 4.47 Å². The van der Waals surface area contributed by atoms with Crippen molar-refractivity contribution in [1.29, 1.82) is 0 Å². The van der Waals surface area contributed by atoms with Gasteiger partial charge in [0.25, 0.3) is 0 Å². The molecular weight excluding hydrogens is 292 g/mol. The highest BCUT2D eigenvalue weighted by Crippen LogP contribution is 2.42. The highest BCUT2D eigenvalue weighted by Gasteiger charge is 2.42. The lowest BCUT2D eigenvalue weighted by atomic mass is 9.80. The second kappa shape index (κ2) is 5.87. The number of halogens is 1. The van der Waals surface area contributed by atoms with Crippen molar-refractivity contribution >= 4 is 21.9 Å². The standard InChI is InChI=1S/C15H19BrO2/c1-2-18-14(17)15(9-3-4-10-15)11-12-5-7-13(16)8-6-12/h5-8H,2-4,9-11H2,1H3. The van der Waals surface area contributed by atoms with E-state index in [-0.39, 0.29) is 11.4 Å². The molecule has 1 aromatic carbocycles. The van der Waals surface area contributed by atoms with Crippen LogP contribution in [0.15, 0.2) is 28.7 Å². The summed E-state index contributed by atoms with van der Waals surface area (Å²) in [6, 6.07) is 8.24. The van der Waals surface area contributed by atoms with E-state index in [0.717, 1.165) is 36.6 Å². The number of carbonyl (C=O) groups excluding carboxylic acids is 1. The lowest BCUT2D eigenvalue weighted by Crippen LogP contribution is -2.32. The van der Waals surface area contributed by atoms with Crippen LogP contribution in [-0.4, -0.2) is 12.6 Å². The third kappa shape index (κ3) is 2.94. The van der Waals surface area contributed by atoms with Crippen molar-refractivity contribution in [2.75, 3.05) is 6.61 Å². The summed E-state index contributed by atoms with van der Waals surface area (Å²) in [6.07, 6.45) is 4.99. The molecule has 0 heterocycles. The number of benzene rings is 1. The van der Waals surface area contributed by atoms with Crippen LogP contribution in [0.4, 0.5) is 0 Å². The minimum Gasteiger partial charge on any atom is -0.466 e. The predicted molar refractivity (Wildman–Crippen MR) is 75.4 cm³/mol. The molecule has 0 amide bonds. The monoisotopic (exact) mass is 310 g/mol. The molecule has 0 radical (unpaired) electrons. The summed E-state index contributed by atoms with van der Waals surface area (Å²) in [6.45, 7) is 2.35. The molecule has 98 valence electrons. The number of hydrogen-bond acceptors (Lipinski definition) is 2. The molecular formula is C15H19BrO2. The van der Waals surface area contributed by atoms with Crippen molar-refractivity contribution < 1.29 is 9.53 Å². The Labute approximate surface area is 117 Å². The molecule has 0 bridgehead atoms. The second-order valence-electron chi connectivity index (χ2n) is 5.01. The van der Waals surface area contributed by atoms with Crippen LogP contribution in [0.25, 0.3) is 0 Å². The van der Waals surface area contributed by atoms with Gasteiger partial charge in [0.05, 0.1) is 12.0 Å². The molecule has 0 aliphatic heterocycles. The molecule has 2 rings (SSSR count). The molecule has 0 spiro atoms. The smallest absolute Gasteiger partial charge is 0.312 e. The van der Waals surface area contributed by atoms with E-state index in [1.807, 2.05) is 19.1 Å². The maximum atomic E-state index is 12.2. The second-order valence-corrected chi connectivity index (χ2v) is 5.93. The first-order valence-corrected chi connectivity index (χ1v) is 7.37. The minimum atomic E-state index is -0.274. The zero-order valence-corrected chi connectivity index (χ0v) is 12.3. The molecule has 1 saturated carbocycles. The zero-order chi connectivity index (χ0) is 13.0. The van der Waals surface area contributed by atoms with Crippen LogP contribution in [-0.2, 0) is 16.0 Å². The maximum absolute atomic E-state index is 12.2. The number of carbonyl (C=O) groups is 1. The Morgan fingerprint density at radius 1 is 1.28 bits per heavy atom. The summed E-state index contributed by atoms with van der Waals surface area (Å²) in [5.41, 5.74) is 0.942. The van der Waals surface area contributed by atoms with Crippen LogP contribution in [0.2, 0.25) is 0 Å². The van der Waals surface area contributed by atoms with Crippen LogP contribution in [0.3, 0.4) is 0 Å². The fourth-order valence-electron chi connectivity index (χ4n) is 2.78. The summed E-state index contributed by atoms with van der Waals surface area (Å²) in [5.74, 6) is -0.00887. The Morgan fingerprint density at radius 2 is 1.89 bits per heavy atom. The molecule has 1 aliphatic rings. The first-order chi connectivity index (χ1) is 8.66.